The fraction of sp³-hybridized carbons (Fsp3) is 0.757. The fourth-order valence-corrected chi connectivity index (χ4v) is 10.6. The largest absolute Gasteiger partial charge is 0.458 e. The Morgan fingerprint density at radius 3 is 2.38 bits per heavy atom. The molecule has 222 valence electrons. The zero-order chi connectivity index (χ0) is 29.1. The van der Waals surface area contributed by atoms with E-state index in [0.717, 1.165) is 44.4 Å². The van der Waals surface area contributed by atoms with Crippen LogP contribution in [0.1, 0.15) is 124 Å². The average molecular weight is 551 g/mol. The van der Waals surface area contributed by atoms with Crippen molar-refractivity contribution in [2.75, 3.05) is 0 Å². The predicted molar refractivity (Wildman–Crippen MR) is 163 cm³/mol. The number of allylic oxidation sites excluding steroid dienone is 2. The number of hydrogen-bond acceptors (Lipinski definition) is 2. The second-order valence-corrected chi connectivity index (χ2v) is 15.9. The van der Waals surface area contributed by atoms with E-state index in [2.05, 4.69) is 61.5 Å². The van der Waals surface area contributed by atoms with Gasteiger partial charge < -0.3 is 4.74 Å². The molecule has 3 heteroatoms. The first-order valence-corrected chi connectivity index (χ1v) is 16.4. The van der Waals surface area contributed by atoms with Crippen LogP contribution in [-0.2, 0) is 4.74 Å². The lowest BCUT2D eigenvalue weighted by molar-refractivity contribution is -0.128. The summed E-state index contributed by atoms with van der Waals surface area (Å²) >= 11 is 0. The van der Waals surface area contributed by atoms with Crippen molar-refractivity contribution < 1.29 is 13.9 Å². The van der Waals surface area contributed by atoms with Gasteiger partial charge in [-0.25, -0.2) is 9.18 Å². The highest BCUT2D eigenvalue weighted by molar-refractivity contribution is 5.89. The summed E-state index contributed by atoms with van der Waals surface area (Å²) in [6.07, 6.45) is 11.3. The molecule has 4 aliphatic rings. The van der Waals surface area contributed by atoms with Crippen molar-refractivity contribution in [3.05, 3.63) is 47.5 Å². The summed E-state index contributed by atoms with van der Waals surface area (Å²) in [5, 5.41) is 0. The van der Waals surface area contributed by atoms with Crippen LogP contribution in [0.25, 0.3) is 0 Å². The molecule has 0 aromatic heterocycles. The Kier molecular flexibility index (Phi) is 7.88. The van der Waals surface area contributed by atoms with Crippen LogP contribution in [0, 0.1) is 51.2 Å². The number of alkyl halides is 1. The van der Waals surface area contributed by atoms with Gasteiger partial charge in [0.05, 0.1) is 5.56 Å². The van der Waals surface area contributed by atoms with Gasteiger partial charge in [-0.1, -0.05) is 105 Å². The summed E-state index contributed by atoms with van der Waals surface area (Å²) in [5.74, 6) is 2.28. The lowest BCUT2D eigenvalue weighted by atomic mass is 9.41. The molecule has 0 spiro atoms. The number of carbonyl (C=O) groups is 1. The molecule has 4 aliphatic carbocycles. The number of rotatable bonds is 7. The van der Waals surface area contributed by atoms with E-state index in [4.69, 9.17) is 4.74 Å². The first-order chi connectivity index (χ1) is 18.8. The maximum Gasteiger partial charge on any atom is 0.338 e. The van der Waals surface area contributed by atoms with Crippen molar-refractivity contribution in [1.29, 1.82) is 0 Å². The van der Waals surface area contributed by atoms with Crippen LogP contribution in [0.4, 0.5) is 4.39 Å². The van der Waals surface area contributed by atoms with Crippen LogP contribution in [0.3, 0.4) is 0 Å². The van der Waals surface area contributed by atoms with E-state index in [-0.39, 0.29) is 33.7 Å². The first-order valence-electron chi connectivity index (χ1n) is 16.4. The van der Waals surface area contributed by atoms with Gasteiger partial charge in [0.15, 0.2) is 0 Å². The van der Waals surface area contributed by atoms with Gasteiger partial charge in [-0.05, 0) is 91.1 Å². The van der Waals surface area contributed by atoms with E-state index in [9.17, 15) is 4.79 Å². The fourth-order valence-electron chi connectivity index (χ4n) is 10.6. The first kappa shape index (κ1) is 29.8. The Morgan fingerprint density at radius 2 is 1.70 bits per heavy atom. The zero-order valence-electron chi connectivity index (χ0n) is 26.6. The Labute approximate surface area is 243 Å². The minimum absolute atomic E-state index is 0.0129. The molecule has 0 heterocycles. The summed E-state index contributed by atoms with van der Waals surface area (Å²) in [6.45, 7) is 18.9. The molecule has 0 unspecified atom stereocenters. The Balaban J connectivity index is 1.39. The molecule has 3 saturated carbocycles. The van der Waals surface area contributed by atoms with E-state index in [0.29, 0.717) is 29.2 Å². The molecule has 3 fully saturated rings. The lowest BCUT2D eigenvalue weighted by Gasteiger charge is -2.64. The van der Waals surface area contributed by atoms with Crippen molar-refractivity contribution in [2.24, 2.45) is 51.2 Å². The molecule has 40 heavy (non-hydrogen) atoms. The molecular weight excluding hydrogens is 495 g/mol. The van der Waals surface area contributed by atoms with Gasteiger partial charge in [-0.2, -0.15) is 0 Å². The van der Waals surface area contributed by atoms with E-state index >= 15 is 4.39 Å². The Bertz CT molecular complexity index is 1110. The normalized spacial score (nSPS) is 41.0. The number of carbonyl (C=O) groups excluding carboxylic acids is 1. The van der Waals surface area contributed by atoms with Crippen molar-refractivity contribution in [3.63, 3.8) is 0 Å². The Morgan fingerprint density at radius 1 is 1.00 bits per heavy atom. The molecular formula is C37H55FO2. The quantitative estimate of drug-likeness (QED) is 0.249. The highest BCUT2D eigenvalue weighted by Crippen LogP contribution is 2.73. The van der Waals surface area contributed by atoms with E-state index < -0.39 is 6.17 Å². The topological polar surface area (TPSA) is 26.3 Å². The van der Waals surface area contributed by atoms with Crippen molar-refractivity contribution >= 4 is 5.97 Å². The summed E-state index contributed by atoms with van der Waals surface area (Å²) in [4.78, 5) is 13.0. The Hall–Kier alpha value is -1.64. The smallest absolute Gasteiger partial charge is 0.338 e. The highest BCUT2D eigenvalue weighted by Gasteiger charge is 2.69. The monoisotopic (exact) mass is 550 g/mol. The molecule has 0 N–H and O–H groups in total. The number of halogens is 1. The van der Waals surface area contributed by atoms with Gasteiger partial charge >= 0.3 is 5.97 Å². The predicted octanol–water partition coefficient (Wildman–Crippen LogP) is 10.2. The van der Waals surface area contributed by atoms with E-state index in [1.54, 1.807) is 5.57 Å². The number of benzene rings is 1. The van der Waals surface area contributed by atoms with Crippen LogP contribution >= 0.6 is 0 Å². The van der Waals surface area contributed by atoms with Gasteiger partial charge in [-0.15, -0.1) is 0 Å². The lowest BCUT2D eigenvalue weighted by Crippen LogP contribution is -2.59. The summed E-state index contributed by atoms with van der Waals surface area (Å²) in [6, 6.07) is 9.39. The molecule has 1 aromatic carbocycles. The minimum atomic E-state index is -0.736. The molecule has 0 radical (unpaired) electrons. The highest BCUT2D eigenvalue weighted by atomic mass is 19.1. The van der Waals surface area contributed by atoms with Crippen LogP contribution in [-0.4, -0.2) is 18.2 Å². The molecule has 0 aliphatic heterocycles. The van der Waals surface area contributed by atoms with Gasteiger partial charge in [0.1, 0.15) is 12.3 Å². The number of fused-ring (bicyclic) bond motifs is 5. The van der Waals surface area contributed by atoms with Crippen LogP contribution in [0.5, 0.6) is 0 Å². The molecule has 0 saturated heterocycles. The van der Waals surface area contributed by atoms with E-state index in [1.807, 2.05) is 30.3 Å². The van der Waals surface area contributed by atoms with Crippen LogP contribution < -0.4 is 0 Å². The maximum absolute atomic E-state index is 16.5. The molecule has 9 atom stereocenters. The third-order valence-corrected chi connectivity index (χ3v) is 13.2. The second-order valence-electron chi connectivity index (χ2n) is 15.9. The van der Waals surface area contributed by atoms with Crippen molar-refractivity contribution in [1.82, 2.24) is 0 Å². The summed E-state index contributed by atoms with van der Waals surface area (Å²) < 4.78 is 22.7. The van der Waals surface area contributed by atoms with Gasteiger partial charge in [0.2, 0.25) is 0 Å². The van der Waals surface area contributed by atoms with Crippen LogP contribution in [0.15, 0.2) is 42.0 Å². The number of esters is 1. The summed E-state index contributed by atoms with van der Waals surface area (Å²) in [5.41, 5.74) is 1.78. The van der Waals surface area contributed by atoms with Gasteiger partial charge in [-0.3, -0.25) is 0 Å². The third-order valence-electron chi connectivity index (χ3n) is 13.2. The maximum atomic E-state index is 16.5. The molecule has 5 rings (SSSR count). The number of hydrogen-bond donors (Lipinski definition) is 0. The number of ether oxygens (including phenoxy) is 1. The van der Waals surface area contributed by atoms with Crippen LogP contribution in [0.2, 0.25) is 0 Å². The van der Waals surface area contributed by atoms with E-state index in [1.165, 1.54) is 19.3 Å². The van der Waals surface area contributed by atoms with Crippen molar-refractivity contribution in [2.45, 2.75) is 125 Å². The standard InChI is InChI=1S/C37H55FO2/c1-24(2)13-12-14-25(3)29-23-31(38)37(8)28-17-18-30-34(4,5)32(40-33(39)26-15-10-9-11-16-26)20-21-35(30,6)27(28)19-22-36(29,37)7/h9-11,15-16,19,24-25,28-32H,12-14,17-18,20-23H2,1-8H3/t25-,28-,29-,30+,31+,32+,35-,36-,37-/m1/s1. The molecule has 2 nitrogen and oxygen atoms in total. The van der Waals surface area contributed by atoms with Gasteiger partial charge in [0, 0.05) is 10.8 Å². The third kappa shape index (κ3) is 4.51. The second kappa shape index (κ2) is 10.6. The molecule has 1 aromatic rings. The minimum Gasteiger partial charge on any atom is -0.458 e. The SMILES string of the molecule is CC(C)CCC[C@@H](C)[C@H]1C[C@H](F)[C@@]2(C)[C@@H]3CC[C@H]4C(C)(C)[C@@H](OC(=O)c5ccccc5)CC[C@]4(C)C3=CC[C@]12C. The molecule has 0 amide bonds. The van der Waals surface area contributed by atoms with Gasteiger partial charge in [0.25, 0.3) is 0 Å². The molecule has 0 bridgehead atoms. The zero-order valence-corrected chi connectivity index (χ0v) is 26.6. The van der Waals surface area contributed by atoms with Crippen molar-refractivity contribution in [3.8, 4) is 0 Å². The summed E-state index contributed by atoms with van der Waals surface area (Å²) in [7, 11) is 0. The average Bonchev–Trinajstić information content (AvgIpc) is 3.12.